The van der Waals surface area contributed by atoms with Crippen LogP contribution in [0.5, 0.6) is 0 Å². The summed E-state index contributed by atoms with van der Waals surface area (Å²) in [6.07, 6.45) is 1.23. The molecule has 0 fully saturated rings. The number of hydrogen-bond donors (Lipinski definition) is 0. The second-order valence-electron chi connectivity index (χ2n) is 5.55. The van der Waals surface area contributed by atoms with E-state index in [4.69, 9.17) is 0 Å². The highest BCUT2D eigenvalue weighted by Crippen LogP contribution is 2.44. The van der Waals surface area contributed by atoms with Crippen LogP contribution in [0.15, 0.2) is 53.4 Å². The van der Waals surface area contributed by atoms with E-state index in [1.807, 2.05) is 11.8 Å². The van der Waals surface area contributed by atoms with Gasteiger partial charge < -0.3 is 0 Å². The molecule has 20 heavy (non-hydrogen) atoms. The van der Waals surface area contributed by atoms with E-state index in [2.05, 4.69) is 71.4 Å². The van der Waals surface area contributed by atoms with Crippen LogP contribution in [0, 0.1) is 6.92 Å². The lowest BCUT2D eigenvalue weighted by Gasteiger charge is -2.20. The van der Waals surface area contributed by atoms with Crippen LogP contribution < -0.4 is 0 Å². The van der Waals surface area contributed by atoms with Gasteiger partial charge in [0.05, 0.1) is 0 Å². The highest BCUT2D eigenvalue weighted by molar-refractivity contribution is 9.09. The summed E-state index contributed by atoms with van der Waals surface area (Å²) < 4.78 is 0. The molecule has 0 radical (unpaired) electrons. The van der Waals surface area contributed by atoms with Crippen molar-refractivity contribution < 1.29 is 0 Å². The van der Waals surface area contributed by atoms with Crippen molar-refractivity contribution in [3.05, 3.63) is 65.2 Å². The first-order valence-electron chi connectivity index (χ1n) is 7.12. The van der Waals surface area contributed by atoms with Gasteiger partial charge in [0.25, 0.3) is 0 Å². The second kappa shape index (κ2) is 6.36. The minimum Gasteiger partial charge on any atom is -0.125 e. The lowest BCUT2D eigenvalue weighted by molar-refractivity contribution is 0.608. The Bertz CT molecular complexity index is 593. The summed E-state index contributed by atoms with van der Waals surface area (Å²) in [6.45, 7) is 2.18. The Morgan fingerprint density at radius 1 is 1.20 bits per heavy atom. The Hall–Kier alpha value is -0.730. The van der Waals surface area contributed by atoms with E-state index in [1.54, 1.807) is 5.56 Å². The van der Waals surface area contributed by atoms with Crippen LogP contribution in [0.25, 0.3) is 0 Å². The highest BCUT2D eigenvalue weighted by Gasteiger charge is 2.25. The molecule has 0 aromatic heterocycles. The second-order valence-corrected chi connectivity index (χ2v) is 7.26. The smallest absolute Gasteiger partial charge is 0.0107 e. The highest BCUT2D eigenvalue weighted by atomic mass is 79.9. The van der Waals surface area contributed by atoms with Crippen LogP contribution >= 0.6 is 27.7 Å². The Kier molecular flexibility index (Phi) is 4.52. The van der Waals surface area contributed by atoms with Gasteiger partial charge in [-0.2, -0.15) is 0 Å². The van der Waals surface area contributed by atoms with E-state index in [9.17, 15) is 0 Å². The molecule has 0 spiro atoms. The third kappa shape index (κ3) is 2.96. The van der Waals surface area contributed by atoms with Crippen molar-refractivity contribution in [1.29, 1.82) is 0 Å². The molecule has 1 heterocycles. The van der Waals surface area contributed by atoms with E-state index in [0.29, 0.717) is 11.8 Å². The predicted octanol–water partition coefficient (Wildman–Crippen LogP) is 5.75. The molecule has 0 nitrogen and oxygen atoms in total. The number of benzene rings is 2. The molecule has 0 saturated carbocycles. The van der Waals surface area contributed by atoms with E-state index in [0.717, 1.165) is 5.33 Å². The van der Waals surface area contributed by atoms with Gasteiger partial charge in [0, 0.05) is 16.0 Å². The van der Waals surface area contributed by atoms with Gasteiger partial charge in [-0.3, -0.25) is 0 Å². The van der Waals surface area contributed by atoms with Crippen LogP contribution in [-0.2, 0) is 0 Å². The standard InChI is InChI=1S/C18H19BrS/c1-13-5-4-6-14(9-13)15(11-19)10-16-12-20-18-8-3-2-7-17(16)18/h2-9,15-16H,10-12H2,1H3. The SMILES string of the molecule is Cc1cccc(C(CBr)CC2CSc3ccccc32)c1. The Labute approximate surface area is 134 Å². The molecule has 1 aliphatic heterocycles. The molecule has 2 unspecified atom stereocenters. The molecular weight excluding hydrogens is 328 g/mol. The fourth-order valence-corrected chi connectivity index (χ4v) is 4.89. The number of hydrogen-bond acceptors (Lipinski definition) is 1. The van der Waals surface area contributed by atoms with Gasteiger partial charge in [-0.05, 0) is 42.4 Å². The van der Waals surface area contributed by atoms with Crippen LogP contribution in [0.1, 0.15) is 34.9 Å². The van der Waals surface area contributed by atoms with Gasteiger partial charge in [-0.25, -0.2) is 0 Å². The van der Waals surface area contributed by atoms with E-state index >= 15 is 0 Å². The van der Waals surface area contributed by atoms with Crippen molar-refractivity contribution in [2.45, 2.75) is 30.1 Å². The van der Waals surface area contributed by atoms with Gasteiger partial charge in [0.1, 0.15) is 0 Å². The number of halogens is 1. The first-order chi connectivity index (χ1) is 9.78. The van der Waals surface area contributed by atoms with Gasteiger partial charge in [0.15, 0.2) is 0 Å². The molecule has 1 aliphatic rings. The zero-order valence-corrected chi connectivity index (χ0v) is 14.1. The maximum absolute atomic E-state index is 3.72. The first-order valence-corrected chi connectivity index (χ1v) is 9.23. The predicted molar refractivity (Wildman–Crippen MR) is 92.2 cm³/mol. The minimum absolute atomic E-state index is 0.603. The van der Waals surface area contributed by atoms with Crippen molar-refractivity contribution in [3.63, 3.8) is 0 Å². The van der Waals surface area contributed by atoms with Crippen LogP contribution in [0.2, 0.25) is 0 Å². The number of fused-ring (bicyclic) bond motifs is 1. The topological polar surface area (TPSA) is 0 Å². The molecule has 2 aromatic carbocycles. The number of rotatable bonds is 4. The van der Waals surface area contributed by atoms with E-state index in [1.165, 1.54) is 28.2 Å². The number of alkyl halides is 1. The lowest BCUT2D eigenvalue weighted by atomic mass is 9.87. The molecule has 0 saturated heterocycles. The van der Waals surface area contributed by atoms with Crippen molar-refractivity contribution >= 4 is 27.7 Å². The Balaban J connectivity index is 1.80. The molecule has 0 aliphatic carbocycles. The zero-order valence-electron chi connectivity index (χ0n) is 11.7. The van der Waals surface area contributed by atoms with Crippen molar-refractivity contribution in [2.75, 3.05) is 11.1 Å². The number of thioether (sulfide) groups is 1. The summed E-state index contributed by atoms with van der Waals surface area (Å²) in [5.41, 5.74) is 4.38. The van der Waals surface area contributed by atoms with E-state index in [-0.39, 0.29) is 0 Å². The first kappa shape index (κ1) is 14.2. The summed E-state index contributed by atoms with van der Waals surface area (Å²) in [5, 5.41) is 1.04. The summed E-state index contributed by atoms with van der Waals surface area (Å²) in [4.78, 5) is 1.48. The van der Waals surface area contributed by atoms with Crippen molar-refractivity contribution in [3.8, 4) is 0 Å². The zero-order chi connectivity index (χ0) is 13.9. The summed E-state index contributed by atoms with van der Waals surface area (Å²) in [5.74, 6) is 2.53. The normalized spacial score (nSPS) is 18.8. The van der Waals surface area contributed by atoms with Crippen LogP contribution in [0.3, 0.4) is 0 Å². The number of aryl methyl sites for hydroxylation is 1. The van der Waals surface area contributed by atoms with Crippen LogP contribution in [0.4, 0.5) is 0 Å². The maximum atomic E-state index is 3.72. The summed E-state index contributed by atoms with van der Waals surface area (Å²) in [7, 11) is 0. The fraction of sp³-hybridized carbons (Fsp3) is 0.333. The molecule has 0 bridgehead atoms. The fourth-order valence-electron chi connectivity index (χ4n) is 2.98. The van der Waals surface area contributed by atoms with Gasteiger partial charge >= 0.3 is 0 Å². The monoisotopic (exact) mass is 346 g/mol. The van der Waals surface area contributed by atoms with Crippen molar-refractivity contribution in [1.82, 2.24) is 0 Å². The Morgan fingerprint density at radius 3 is 2.85 bits per heavy atom. The molecule has 3 rings (SSSR count). The van der Waals surface area contributed by atoms with Gasteiger partial charge in [-0.1, -0.05) is 64.0 Å². The van der Waals surface area contributed by atoms with Gasteiger partial charge in [-0.15, -0.1) is 11.8 Å². The molecule has 0 amide bonds. The van der Waals surface area contributed by atoms with Gasteiger partial charge in [0.2, 0.25) is 0 Å². The van der Waals surface area contributed by atoms with Crippen LogP contribution in [-0.4, -0.2) is 11.1 Å². The third-order valence-corrected chi connectivity index (χ3v) is 6.10. The largest absolute Gasteiger partial charge is 0.125 e. The Morgan fingerprint density at radius 2 is 2.05 bits per heavy atom. The summed E-state index contributed by atoms with van der Waals surface area (Å²) >= 11 is 5.73. The average Bonchev–Trinajstić information content (AvgIpc) is 2.88. The van der Waals surface area contributed by atoms with E-state index < -0.39 is 0 Å². The van der Waals surface area contributed by atoms with Crippen molar-refractivity contribution in [2.24, 2.45) is 0 Å². The summed E-state index contributed by atoms with van der Waals surface area (Å²) in [6, 6.07) is 17.8. The average molecular weight is 347 g/mol. The third-order valence-electron chi connectivity index (χ3n) is 4.07. The lowest BCUT2D eigenvalue weighted by Crippen LogP contribution is -2.08. The quantitative estimate of drug-likeness (QED) is 0.634. The molecule has 2 heteroatoms. The minimum atomic E-state index is 0.603. The maximum Gasteiger partial charge on any atom is 0.0107 e. The molecule has 104 valence electrons. The molecular formula is C18H19BrS. The molecule has 2 aromatic rings. The molecule has 2 atom stereocenters. The molecule has 0 N–H and O–H groups in total.